The van der Waals surface area contributed by atoms with E-state index in [4.69, 9.17) is 0 Å². The van der Waals surface area contributed by atoms with Gasteiger partial charge in [0.1, 0.15) is 5.69 Å². The molecule has 0 aliphatic carbocycles. The summed E-state index contributed by atoms with van der Waals surface area (Å²) in [4.78, 5) is 22.6. The summed E-state index contributed by atoms with van der Waals surface area (Å²) >= 11 is 1.43. The number of carbonyl (C=O) groups is 1. The summed E-state index contributed by atoms with van der Waals surface area (Å²) in [7, 11) is -3.29. The molecule has 0 saturated carbocycles. The summed E-state index contributed by atoms with van der Waals surface area (Å²) in [6.07, 6.45) is 4.48. The molecule has 1 N–H and O–H groups in total. The number of carbonyl (C=O) groups excluding carboxylic acids is 1. The number of sulfonamides is 1. The van der Waals surface area contributed by atoms with E-state index >= 15 is 0 Å². The molecule has 23 heavy (non-hydrogen) atoms. The normalized spacial score (nSPS) is 18.0. The fourth-order valence-electron chi connectivity index (χ4n) is 2.57. The first-order valence-electron chi connectivity index (χ1n) is 7.00. The number of imidazole rings is 1. The molecular weight excluding hydrogens is 338 g/mol. The maximum absolute atomic E-state index is 12.6. The predicted octanol–water partition coefficient (Wildman–Crippen LogP) is 0.394. The summed E-state index contributed by atoms with van der Waals surface area (Å²) in [5.41, 5.74) is 1.30. The standard InChI is InChI=1S/C13H17N5O3S2/c1-9-16-12(7-22-9)13(19)17-5-10-3-14-8-18(10)11(6-17)4-15-23(2,20)21/h3,7-8,11,15H,4-6H2,1-2H3/t11-/m1/s1. The van der Waals surface area contributed by atoms with E-state index in [-0.39, 0.29) is 18.5 Å². The largest absolute Gasteiger partial charge is 0.329 e. The smallest absolute Gasteiger partial charge is 0.273 e. The first-order chi connectivity index (χ1) is 10.8. The van der Waals surface area contributed by atoms with Crippen LogP contribution >= 0.6 is 11.3 Å². The Morgan fingerprint density at radius 3 is 2.96 bits per heavy atom. The zero-order valence-corrected chi connectivity index (χ0v) is 14.4. The number of nitrogens with one attached hydrogen (secondary N) is 1. The third-order valence-corrected chi connectivity index (χ3v) is 5.09. The van der Waals surface area contributed by atoms with Gasteiger partial charge in [-0.15, -0.1) is 11.3 Å². The molecule has 0 unspecified atom stereocenters. The van der Waals surface area contributed by atoms with Gasteiger partial charge in [0.05, 0.1) is 35.9 Å². The average molecular weight is 355 g/mol. The lowest BCUT2D eigenvalue weighted by Crippen LogP contribution is -2.44. The lowest BCUT2D eigenvalue weighted by atomic mass is 10.1. The Morgan fingerprint density at radius 2 is 2.30 bits per heavy atom. The van der Waals surface area contributed by atoms with Crippen LogP contribution in [0.3, 0.4) is 0 Å². The van der Waals surface area contributed by atoms with Crippen molar-refractivity contribution in [1.29, 1.82) is 0 Å². The van der Waals surface area contributed by atoms with E-state index in [1.54, 1.807) is 22.8 Å². The fourth-order valence-corrected chi connectivity index (χ4v) is 3.66. The summed E-state index contributed by atoms with van der Waals surface area (Å²) in [6, 6.07) is -0.195. The van der Waals surface area contributed by atoms with Crippen LogP contribution in [0.4, 0.5) is 0 Å². The van der Waals surface area contributed by atoms with Gasteiger partial charge in [-0.2, -0.15) is 0 Å². The second kappa shape index (κ2) is 6.02. The minimum absolute atomic E-state index is 0.147. The number of rotatable bonds is 4. The Labute approximate surface area is 138 Å². The van der Waals surface area contributed by atoms with Crippen LogP contribution in [0.25, 0.3) is 0 Å². The SMILES string of the molecule is Cc1nc(C(=O)N2Cc3cncn3[C@H](CNS(C)(=O)=O)C2)cs1. The van der Waals surface area contributed by atoms with Gasteiger partial charge in [0.15, 0.2) is 0 Å². The maximum Gasteiger partial charge on any atom is 0.273 e. The third-order valence-electron chi connectivity index (χ3n) is 3.63. The molecule has 0 fully saturated rings. The average Bonchev–Trinajstić information content (AvgIpc) is 3.11. The topological polar surface area (TPSA) is 97.2 Å². The number of fused-ring (bicyclic) bond motifs is 1. The molecular formula is C13H17N5O3S2. The molecule has 0 radical (unpaired) electrons. The van der Waals surface area contributed by atoms with E-state index in [1.165, 1.54) is 11.3 Å². The number of nitrogens with zero attached hydrogens (tertiary/aromatic N) is 4. The van der Waals surface area contributed by atoms with Gasteiger partial charge in [-0.05, 0) is 6.92 Å². The van der Waals surface area contributed by atoms with E-state index < -0.39 is 10.0 Å². The van der Waals surface area contributed by atoms with Gasteiger partial charge in [0.2, 0.25) is 10.0 Å². The van der Waals surface area contributed by atoms with Crippen molar-refractivity contribution in [2.24, 2.45) is 0 Å². The molecule has 3 rings (SSSR count). The van der Waals surface area contributed by atoms with Crippen molar-refractivity contribution in [3.63, 3.8) is 0 Å². The van der Waals surface area contributed by atoms with Crippen LogP contribution in [0.1, 0.15) is 27.2 Å². The molecule has 0 spiro atoms. The molecule has 1 amide bonds. The number of hydrogen-bond donors (Lipinski definition) is 1. The molecule has 3 heterocycles. The molecule has 0 saturated heterocycles. The highest BCUT2D eigenvalue weighted by Crippen LogP contribution is 2.22. The number of aryl methyl sites for hydroxylation is 1. The molecule has 8 nitrogen and oxygen atoms in total. The fraction of sp³-hybridized carbons (Fsp3) is 0.462. The van der Waals surface area contributed by atoms with Crippen LogP contribution in [-0.2, 0) is 16.6 Å². The van der Waals surface area contributed by atoms with Crippen molar-refractivity contribution in [3.05, 3.63) is 34.3 Å². The van der Waals surface area contributed by atoms with Gasteiger partial charge in [-0.3, -0.25) is 4.79 Å². The first-order valence-corrected chi connectivity index (χ1v) is 9.77. The highest BCUT2D eigenvalue weighted by molar-refractivity contribution is 7.88. The third kappa shape index (κ3) is 3.59. The summed E-state index contributed by atoms with van der Waals surface area (Å²) in [5, 5.41) is 2.58. The van der Waals surface area contributed by atoms with Gasteiger partial charge in [0.25, 0.3) is 5.91 Å². The molecule has 2 aromatic rings. The van der Waals surface area contributed by atoms with Gasteiger partial charge in [-0.25, -0.2) is 23.1 Å². The van der Waals surface area contributed by atoms with Gasteiger partial charge >= 0.3 is 0 Å². The van der Waals surface area contributed by atoms with Crippen LogP contribution in [-0.4, -0.2) is 53.1 Å². The summed E-state index contributed by atoms with van der Waals surface area (Å²) in [6.45, 7) is 2.90. The van der Waals surface area contributed by atoms with Crippen LogP contribution in [0.5, 0.6) is 0 Å². The summed E-state index contributed by atoms with van der Waals surface area (Å²) < 4.78 is 27.1. The highest BCUT2D eigenvalue weighted by atomic mass is 32.2. The number of hydrogen-bond acceptors (Lipinski definition) is 6. The van der Waals surface area contributed by atoms with E-state index in [0.29, 0.717) is 18.8 Å². The molecule has 10 heteroatoms. The van der Waals surface area contributed by atoms with Crippen molar-refractivity contribution >= 4 is 27.3 Å². The van der Waals surface area contributed by atoms with Crippen LogP contribution < -0.4 is 4.72 Å². The molecule has 0 aromatic carbocycles. The van der Waals surface area contributed by atoms with Crippen molar-refractivity contribution in [2.45, 2.75) is 19.5 Å². The lowest BCUT2D eigenvalue weighted by Gasteiger charge is -2.34. The van der Waals surface area contributed by atoms with Crippen molar-refractivity contribution in [1.82, 2.24) is 24.2 Å². The van der Waals surface area contributed by atoms with Gasteiger partial charge in [0, 0.05) is 24.7 Å². The Kier molecular flexibility index (Phi) is 4.21. The van der Waals surface area contributed by atoms with Crippen molar-refractivity contribution in [2.75, 3.05) is 19.3 Å². The Hall–Kier alpha value is -1.78. The summed E-state index contributed by atoms with van der Waals surface area (Å²) in [5.74, 6) is -0.147. The predicted molar refractivity (Wildman–Crippen MR) is 85.7 cm³/mol. The van der Waals surface area contributed by atoms with Crippen LogP contribution in [0, 0.1) is 6.92 Å². The van der Waals surface area contributed by atoms with Crippen LogP contribution in [0.2, 0.25) is 0 Å². The second-order valence-electron chi connectivity index (χ2n) is 5.50. The minimum Gasteiger partial charge on any atom is -0.329 e. The monoisotopic (exact) mass is 355 g/mol. The number of aromatic nitrogens is 3. The molecule has 2 aromatic heterocycles. The molecule has 1 atom stereocenters. The van der Waals surface area contributed by atoms with E-state index in [9.17, 15) is 13.2 Å². The van der Waals surface area contributed by atoms with Gasteiger partial charge in [-0.1, -0.05) is 0 Å². The molecule has 0 bridgehead atoms. The van der Waals surface area contributed by atoms with Crippen LogP contribution in [0.15, 0.2) is 17.9 Å². The Balaban J connectivity index is 1.81. The second-order valence-corrected chi connectivity index (χ2v) is 8.40. The first kappa shape index (κ1) is 16.1. The maximum atomic E-state index is 12.6. The van der Waals surface area contributed by atoms with Gasteiger partial charge < -0.3 is 9.47 Å². The zero-order valence-electron chi connectivity index (χ0n) is 12.8. The molecule has 124 valence electrons. The quantitative estimate of drug-likeness (QED) is 0.856. The molecule has 1 aliphatic heterocycles. The minimum atomic E-state index is -3.29. The Bertz CT molecular complexity index is 826. The number of thiazole rings is 1. The van der Waals surface area contributed by atoms with E-state index in [0.717, 1.165) is 17.0 Å². The lowest BCUT2D eigenvalue weighted by molar-refractivity contribution is 0.0675. The number of amides is 1. The zero-order chi connectivity index (χ0) is 16.6. The van der Waals surface area contributed by atoms with E-state index in [2.05, 4.69) is 14.7 Å². The highest BCUT2D eigenvalue weighted by Gasteiger charge is 2.29. The molecule has 1 aliphatic rings. The van der Waals surface area contributed by atoms with Crippen molar-refractivity contribution in [3.8, 4) is 0 Å². The van der Waals surface area contributed by atoms with Crippen molar-refractivity contribution < 1.29 is 13.2 Å². The van der Waals surface area contributed by atoms with E-state index in [1.807, 2.05) is 11.5 Å². The Morgan fingerprint density at radius 1 is 1.52 bits per heavy atom.